The molecule has 5 heteroatoms. The lowest BCUT2D eigenvalue weighted by Crippen LogP contribution is -2.02. The van der Waals surface area contributed by atoms with E-state index in [1.54, 1.807) is 30.8 Å². The molecule has 2 aromatic heterocycles. The molecule has 2 heterocycles. The summed E-state index contributed by atoms with van der Waals surface area (Å²) in [6.07, 6.45) is 4.39. The Morgan fingerprint density at radius 2 is 1.95 bits per heavy atom. The highest BCUT2D eigenvalue weighted by Crippen LogP contribution is 2.34. The van der Waals surface area contributed by atoms with Crippen molar-refractivity contribution in [1.29, 1.82) is 0 Å². The summed E-state index contributed by atoms with van der Waals surface area (Å²) in [6, 6.07) is 11.9. The molecule has 0 unspecified atom stereocenters. The van der Waals surface area contributed by atoms with Crippen molar-refractivity contribution in [2.45, 2.75) is 6.42 Å². The second-order valence-corrected chi connectivity index (χ2v) is 5.88. The van der Waals surface area contributed by atoms with Gasteiger partial charge < -0.3 is 10.5 Å². The molecule has 0 fully saturated rings. The number of ether oxygens (including phenoxy) is 1. The minimum atomic E-state index is 0.609. The van der Waals surface area contributed by atoms with E-state index in [1.165, 1.54) is 4.88 Å². The molecule has 0 amide bonds. The molecule has 22 heavy (non-hydrogen) atoms. The first-order chi connectivity index (χ1) is 10.8. The number of methoxy groups -OCH3 is 1. The van der Waals surface area contributed by atoms with E-state index in [0.29, 0.717) is 6.54 Å². The molecule has 1 aromatic carbocycles. The van der Waals surface area contributed by atoms with E-state index >= 15 is 0 Å². The number of benzene rings is 1. The largest absolute Gasteiger partial charge is 0.497 e. The van der Waals surface area contributed by atoms with Crippen molar-refractivity contribution in [3.63, 3.8) is 0 Å². The van der Waals surface area contributed by atoms with Crippen LogP contribution in [0.25, 0.3) is 21.8 Å². The summed E-state index contributed by atoms with van der Waals surface area (Å²) in [4.78, 5) is 10.1. The molecule has 0 spiro atoms. The summed E-state index contributed by atoms with van der Waals surface area (Å²) in [5.41, 5.74) is 8.87. The van der Waals surface area contributed by atoms with Crippen LogP contribution in [0.15, 0.2) is 48.8 Å². The Morgan fingerprint density at radius 1 is 1.14 bits per heavy atom. The summed E-state index contributed by atoms with van der Waals surface area (Å²) in [7, 11) is 1.67. The summed E-state index contributed by atoms with van der Waals surface area (Å²) in [6.45, 7) is 0.609. The summed E-state index contributed by atoms with van der Waals surface area (Å²) >= 11 is 1.68. The Bertz CT molecular complexity index is 756. The van der Waals surface area contributed by atoms with Crippen LogP contribution in [0.2, 0.25) is 0 Å². The van der Waals surface area contributed by atoms with Crippen molar-refractivity contribution in [1.82, 2.24) is 9.97 Å². The number of nitrogens with zero attached hydrogens (tertiary/aromatic N) is 2. The van der Waals surface area contributed by atoms with Crippen molar-refractivity contribution in [3.8, 4) is 27.6 Å². The Kier molecular flexibility index (Phi) is 4.46. The highest BCUT2D eigenvalue weighted by atomic mass is 32.1. The van der Waals surface area contributed by atoms with Crippen LogP contribution in [0, 0.1) is 0 Å². The van der Waals surface area contributed by atoms with Crippen molar-refractivity contribution < 1.29 is 4.74 Å². The zero-order chi connectivity index (χ0) is 15.4. The Labute approximate surface area is 133 Å². The lowest BCUT2D eigenvalue weighted by molar-refractivity contribution is 0.415. The molecule has 0 bridgehead atoms. The van der Waals surface area contributed by atoms with E-state index in [-0.39, 0.29) is 0 Å². The second-order valence-electron chi connectivity index (χ2n) is 4.80. The smallest absolute Gasteiger partial charge is 0.124 e. The molecule has 4 nitrogen and oxygen atoms in total. The van der Waals surface area contributed by atoms with Crippen LogP contribution in [-0.4, -0.2) is 23.6 Å². The van der Waals surface area contributed by atoms with E-state index < -0.39 is 0 Å². The van der Waals surface area contributed by atoms with Crippen LogP contribution in [-0.2, 0) is 6.42 Å². The molecule has 0 aliphatic rings. The second kappa shape index (κ2) is 6.68. The fraction of sp³-hybridized carbons (Fsp3) is 0.176. The van der Waals surface area contributed by atoms with Gasteiger partial charge in [0.25, 0.3) is 0 Å². The standard InChI is InChI=1S/C17H17N3OS/c1-21-14-4-2-3-13(11-14)17-20-16(15(22-17)5-8-18)12-6-9-19-10-7-12/h2-4,6-7,9-11H,5,8,18H2,1H3. The molecule has 3 aromatic rings. The molecule has 0 aliphatic heterocycles. The van der Waals surface area contributed by atoms with Gasteiger partial charge in [0, 0.05) is 28.4 Å². The van der Waals surface area contributed by atoms with Crippen molar-refractivity contribution in [2.24, 2.45) is 5.73 Å². The summed E-state index contributed by atoms with van der Waals surface area (Å²) in [5.74, 6) is 0.832. The maximum Gasteiger partial charge on any atom is 0.124 e. The lowest BCUT2D eigenvalue weighted by atomic mass is 10.1. The first-order valence-electron chi connectivity index (χ1n) is 7.06. The summed E-state index contributed by atoms with van der Waals surface area (Å²) < 4.78 is 5.29. The predicted molar refractivity (Wildman–Crippen MR) is 90.1 cm³/mol. The van der Waals surface area contributed by atoms with Crippen LogP contribution in [0.4, 0.5) is 0 Å². The number of rotatable bonds is 5. The molecular weight excluding hydrogens is 294 g/mol. The lowest BCUT2D eigenvalue weighted by Gasteiger charge is -2.01. The fourth-order valence-corrected chi connectivity index (χ4v) is 3.36. The van der Waals surface area contributed by atoms with E-state index in [4.69, 9.17) is 15.5 Å². The quantitative estimate of drug-likeness (QED) is 0.784. The molecule has 0 saturated heterocycles. The predicted octanol–water partition coefficient (Wildman–Crippen LogP) is 3.38. The van der Waals surface area contributed by atoms with Crippen LogP contribution in [0.3, 0.4) is 0 Å². The van der Waals surface area contributed by atoms with Gasteiger partial charge in [0.2, 0.25) is 0 Å². The van der Waals surface area contributed by atoms with Gasteiger partial charge in [0.05, 0.1) is 12.8 Å². The molecule has 0 radical (unpaired) electrons. The highest BCUT2D eigenvalue weighted by molar-refractivity contribution is 7.15. The van der Waals surface area contributed by atoms with Gasteiger partial charge in [-0.05, 0) is 37.2 Å². The van der Waals surface area contributed by atoms with Crippen molar-refractivity contribution >= 4 is 11.3 Å². The van der Waals surface area contributed by atoms with E-state index in [1.807, 2.05) is 36.4 Å². The molecule has 0 saturated carbocycles. The molecular formula is C17H17N3OS. The molecule has 112 valence electrons. The Balaban J connectivity index is 2.06. The fourth-order valence-electron chi connectivity index (χ4n) is 2.27. The van der Waals surface area contributed by atoms with Gasteiger partial charge in [-0.25, -0.2) is 4.98 Å². The van der Waals surface area contributed by atoms with Gasteiger partial charge in [-0.15, -0.1) is 11.3 Å². The van der Waals surface area contributed by atoms with Gasteiger partial charge >= 0.3 is 0 Å². The zero-order valence-electron chi connectivity index (χ0n) is 12.3. The normalized spacial score (nSPS) is 10.6. The minimum absolute atomic E-state index is 0.609. The minimum Gasteiger partial charge on any atom is -0.497 e. The third-order valence-corrected chi connectivity index (χ3v) is 4.50. The first kappa shape index (κ1) is 14.7. The van der Waals surface area contributed by atoms with Gasteiger partial charge in [0.1, 0.15) is 10.8 Å². The maximum atomic E-state index is 5.75. The molecule has 0 aliphatic carbocycles. The zero-order valence-corrected chi connectivity index (χ0v) is 13.1. The highest BCUT2D eigenvalue weighted by Gasteiger charge is 2.14. The average molecular weight is 311 g/mol. The van der Waals surface area contributed by atoms with Crippen molar-refractivity contribution in [2.75, 3.05) is 13.7 Å². The molecule has 3 rings (SSSR count). The van der Waals surface area contributed by atoms with Gasteiger partial charge in [0.15, 0.2) is 0 Å². The maximum absolute atomic E-state index is 5.75. The van der Waals surface area contributed by atoms with E-state index in [0.717, 1.165) is 34.0 Å². The van der Waals surface area contributed by atoms with Crippen LogP contribution in [0.1, 0.15) is 4.88 Å². The Morgan fingerprint density at radius 3 is 2.68 bits per heavy atom. The number of aromatic nitrogens is 2. The van der Waals surface area contributed by atoms with Gasteiger partial charge in [-0.1, -0.05) is 12.1 Å². The van der Waals surface area contributed by atoms with E-state index in [2.05, 4.69) is 4.98 Å². The summed E-state index contributed by atoms with van der Waals surface area (Å²) in [5, 5.41) is 0.981. The number of thiazole rings is 1. The first-order valence-corrected chi connectivity index (χ1v) is 7.88. The number of nitrogens with two attached hydrogens (primary N) is 1. The third kappa shape index (κ3) is 3.00. The number of hydrogen-bond donors (Lipinski definition) is 1. The van der Waals surface area contributed by atoms with Crippen molar-refractivity contribution in [3.05, 3.63) is 53.7 Å². The van der Waals surface area contributed by atoms with Gasteiger partial charge in [-0.3, -0.25) is 4.98 Å². The third-order valence-electron chi connectivity index (χ3n) is 3.34. The average Bonchev–Trinajstić information content (AvgIpc) is 3.00. The van der Waals surface area contributed by atoms with Crippen LogP contribution < -0.4 is 10.5 Å². The SMILES string of the molecule is COc1cccc(-c2nc(-c3ccncc3)c(CCN)s2)c1. The van der Waals surface area contributed by atoms with E-state index in [9.17, 15) is 0 Å². The van der Waals surface area contributed by atoms with Crippen LogP contribution in [0.5, 0.6) is 5.75 Å². The number of pyridine rings is 1. The topological polar surface area (TPSA) is 61.0 Å². The number of hydrogen-bond acceptors (Lipinski definition) is 5. The van der Waals surface area contributed by atoms with Crippen LogP contribution >= 0.6 is 11.3 Å². The monoisotopic (exact) mass is 311 g/mol. The Hall–Kier alpha value is -2.24. The molecule has 2 N–H and O–H groups in total. The molecule has 0 atom stereocenters. The van der Waals surface area contributed by atoms with Gasteiger partial charge in [-0.2, -0.15) is 0 Å².